The Morgan fingerprint density at radius 1 is 1.21 bits per heavy atom. The van der Waals surface area contributed by atoms with Gasteiger partial charge in [-0.2, -0.15) is 4.39 Å². The molecule has 0 aromatic carbocycles. The molecule has 0 aliphatic carbocycles. The lowest BCUT2D eigenvalue weighted by atomic mass is 10.2. The number of carboxylic acids is 1. The van der Waals surface area contributed by atoms with Gasteiger partial charge in [-0.1, -0.05) is 0 Å². The van der Waals surface area contributed by atoms with Crippen molar-refractivity contribution in [3.8, 4) is 0 Å². The van der Waals surface area contributed by atoms with E-state index in [9.17, 15) is 14.0 Å². The molecule has 0 spiro atoms. The minimum absolute atomic E-state index is 0.106. The average Bonchev–Trinajstić information content (AvgIpc) is 2.39. The molecule has 6 nitrogen and oxygen atoms in total. The van der Waals surface area contributed by atoms with Gasteiger partial charge in [0.2, 0.25) is 5.95 Å². The lowest BCUT2D eigenvalue weighted by Crippen LogP contribution is -2.13. The van der Waals surface area contributed by atoms with E-state index >= 15 is 0 Å². The number of carboxylic acid groups (broad SMARTS) is 1. The molecule has 96 valence electrons. The van der Waals surface area contributed by atoms with Crippen LogP contribution in [0.2, 0.25) is 0 Å². The summed E-state index contributed by atoms with van der Waals surface area (Å²) < 4.78 is 12.8. The van der Waals surface area contributed by atoms with E-state index in [-0.39, 0.29) is 11.3 Å². The zero-order valence-corrected chi connectivity index (χ0v) is 9.50. The molecule has 2 aromatic rings. The smallest absolute Gasteiger partial charge is 0.354 e. The molecule has 0 saturated heterocycles. The summed E-state index contributed by atoms with van der Waals surface area (Å²) in [6.45, 7) is 0. The second kappa shape index (κ2) is 5.21. The van der Waals surface area contributed by atoms with E-state index in [0.717, 1.165) is 6.07 Å². The van der Waals surface area contributed by atoms with Crippen molar-refractivity contribution in [1.82, 2.24) is 9.97 Å². The molecule has 2 heterocycles. The van der Waals surface area contributed by atoms with E-state index in [4.69, 9.17) is 5.11 Å². The first-order valence-corrected chi connectivity index (χ1v) is 5.18. The molecule has 0 radical (unpaired) electrons. The molecular formula is C12H8FN3O3. The van der Waals surface area contributed by atoms with Crippen LogP contribution in [0.3, 0.4) is 0 Å². The molecule has 2 rings (SSSR count). The highest BCUT2D eigenvalue weighted by molar-refractivity contribution is 6.04. The molecule has 0 aliphatic heterocycles. The molecule has 1 amide bonds. The maximum atomic E-state index is 12.8. The van der Waals surface area contributed by atoms with Crippen LogP contribution in [-0.4, -0.2) is 27.0 Å². The van der Waals surface area contributed by atoms with Gasteiger partial charge in [0.1, 0.15) is 5.69 Å². The normalized spacial score (nSPS) is 9.95. The van der Waals surface area contributed by atoms with Gasteiger partial charge in [0.05, 0.1) is 11.9 Å². The second-order valence-corrected chi connectivity index (χ2v) is 3.56. The Kier molecular flexibility index (Phi) is 3.46. The third kappa shape index (κ3) is 3.09. The fourth-order valence-electron chi connectivity index (χ4n) is 1.34. The van der Waals surface area contributed by atoms with Crippen molar-refractivity contribution in [3.63, 3.8) is 0 Å². The minimum Gasteiger partial charge on any atom is -0.477 e. The zero-order chi connectivity index (χ0) is 13.8. The van der Waals surface area contributed by atoms with Gasteiger partial charge in [-0.3, -0.25) is 4.79 Å². The Labute approximate surface area is 106 Å². The number of hydrogen-bond donors (Lipinski definition) is 2. The number of aromatic carboxylic acids is 1. The number of hydrogen-bond acceptors (Lipinski definition) is 4. The topological polar surface area (TPSA) is 92.2 Å². The van der Waals surface area contributed by atoms with Gasteiger partial charge in [0.15, 0.2) is 0 Å². The molecule has 0 bridgehead atoms. The van der Waals surface area contributed by atoms with Crippen molar-refractivity contribution in [2.45, 2.75) is 0 Å². The summed E-state index contributed by atoms with van der Waals surface area (Å²) >= 11 is 0. The fraction of sp³-hybridized carbons (Fsp3) is 0. The Balaban J connectivity index is 2.13. The summed E-state index contributed by atoms with van der Waals surface area (Å²) in [6.07, 6.45) is 2.38. The standard InChI is InChI=1S/C12H8FN3O3/c13-10-5-7(3-4-14-10)11(17)16-8-1-2-9(12(18)19)15-6-8/h1-6H,(H,16,17)(H,18,19). The first kappa shape index (κ1) is 12.6. The van der Waals surface area contributed by atoms with Crippen molar-refractivity contribution in [3.05, 3.63) is 53.9 Å². The number of carbonyl (C=O) groups excluding carboxylic acids is 1. The molecular weight excluding hydrogens is 253 g/mol. The number of halogens is 1. The third-order valence-corrected chi connectivity index (χ3v) is 2.23. The molecule has 0 saturated carbocycles. The van der Waals surface area contributed by atoms with Crippen LogP contribution >= 0.6 is 0 Å². The van der Waals surface area contributed by atoms with Crippen molar-refractivity contribution in [1.29, 1.82) is 0 Å². The summed E-state index contributed by atoms with van der Waals surface area (Å²) in [5.74, 6) is -2.45. The molecule has 2 N–H and O–H groups in total. The van der Waals surface area contributed by atoms with Crippen molar-refractivity contribution >= 4 is 17.6 Å². The summed E-state index contributed by atoms with van der Waals surface area (Å²) in [5.41, 5.74) is 0.287. The van der Waals surface area contributed by atoms with Gasteiger partial charge in [0, 0.05) is 17.8 Å². The van der Waals surface area contributed by atoms with Gasteiger partial charge < -0.3 is 10.4 Å². The number of amides is 1. The predicted molar refractivity (Wildman–Crippen MR) is 63.3 cm³/mol. The highest BCUT2D eigenvalue weighted by Gasteiger charge is 2.09. The molecule has 0 unspecified atom stereocenters. The Morgan fingerprint density at radius 2 is 2.00 bits per heavy atom. The van der Waals surface area contributed by atoms with Crippen LogP contribution in [0, 0.1) is 5.95 Å². The fourth-order valence-corrected chi connectivity index (χ4v) is 1.34. The van der Waals surface area contributed by atoms with E-state index in [1.54, 1.807) is 0 Å². The van der Waals surface area contributed by atoms with Crippen LogP contribution in [0.15, 0.2) is 36.7 Å². The number of aromatic nitrogens is 2. The monoisotopic (exact) mass is 261 g/mol. The second-order valence-electron chi connectivity index (χ2n) is 3.56. The van der Waals surface area contributed by atoms with E-state index in [1.165, 1.54) is 30.6 Å². The molecule has 0 fully saturated rings. The maximum absolute atomic E-state index is 12.8. The SMILES string of the molecule is O=C(Nc1ccc(C(=O)O)nc1)c1ccnc(F)c1. The Hall–Kier alpha value is -2.83. The van der Waals surface area contributed by atoms with Crippen LogP contribution in [0.4, 0.5) is 10.1 Å². The zero-order valence-electron chi connectivity index (χ0n) is 9.50. The molecule has 0 atom stereocenters. The van der Waals surface area contributed by atoms with Crippen LogP contribution in [0.1, 0.15) is 20.8 Å². The summed E-state index contributed by atoms with van der Waals surface area (Å²) in [5, 5.41) is 11.1. The number of anilines is 1. The maximum Gasteiger partial charge on any atom is 0.354 e. The van der Waals surface area contributed by atoms with E-state index in [0.29, 0.717) is 5.69 Å². The van der Waals surface area contributed by atoms with Crippen LogP contribution in [0.25, 0.3) is 0 Å². The first-order valence-electron chi connectivity index (χ1n) is 5.18. The van der Waals surface area contributed by atoms with Crippen molar-refractivity contribution in [2.24, 2.45) is 0 Å². The predicted octanol–water partition coefficient (Wildman–Crippen LogP) is 1.57. The molecule has 0 aliphatic rings. The molecule has 2 aromatic heterocycles. The van der Waals surface area contributed by atoms with Gasteiger partial charge in [-0.05, 0) is 18.2 Å². The van der Waals surface area contributed by atoms with Gasteiger partial charge in [-0.25, -0.2) is 14.8 Å². The number of nitrogens with zero attached hydrogens (tertiary/aromatic N) is 2. The van der Waals surface area contributed by atoms with Crippen LogP contribution in [0.5, 0.6) is 0 Å². The van der Waals surface area contributed by atoms with E-state index < -0.39 is 17.8 Å². The van der Waals surface area contributed by atoms with E-state index in [1.807, 2.05) is 0 Å². The number of pyridine rings is 2. The molecule has 7 heteroatoms. The summed E-state index contributed by atoms with van der Waals surface area (Å²) in [4.78, 5) is 29.3. The molecule has 19 heavy (non-hydrogen) atoms. The number of nitrogens with one attached hydrogen (secondary N) is 1. The van der Waals surface area contributed by atoms with Crippen molar-refractivity contribution in [2.75, 3.05) is 5.32 Å². The quantitative estimate of drug-likeness (QED) is 0.818. The van der Waals surface area contributed by atoms with Gasteiger partial charge >= 0.3 is 5.97 Å². The highest BCUT2D eigenvalue weighted by atomic mass is 19.1. The van der Waals surface area contributed by atoms with Crippen LogP contribution in [-0.2, 0) is 0 Å². The average molecular weight is 261 g/mol. The summed E-state index contributed by atoms with van der Waals surface area (Å²) in [7, 11) is 0. The summed E-state index contributed by atoms with van der Waals surface area (Å²) in [6, 6.07) is 5.00. The third-order valence-electron chi connectivity index (χ3n) is 2.23. The lowest BCUT2D eigenvalue weighted by Gasteiger charge is -2.04. The lowest BCUT2D eigenvalue weighted by molar-refractivity contribution is 0.0690. The van der Waals surface area contributed by atoms with E-state index in [2.05, 4.69) is 15.3 Å². The highest BCUT2D eigenvalue weighted by Crippen LogP contribution is 2.09. The van der Waals surface area contributed by atoms with Crippen molar-refractivity contribution < 1.29 is 19.1 Å². The first-order chi connectivity index (χ1) is 9.06. The largest absolute Gasteiger partial charge is 0.477 e. The number of carbonyl (C=O) groups is 2. The van der Waals surface area contributed by atoms with Crippen LogP contribution < -0.4 is 5.32 Å². The Morgan fingerprint density at radius 3 is 2.58 bits per heavy atom. The minimum atomic E-state index is -1.16. The Bertz CT molecular complexity index is 628. The van der Waals surface area contributed by atoms with Gasteiger partial charge in [-0.15, -0.1) is 0 Å². The number of rotatable bonds is 3. The van der Waals surface area contributed by atoms with Gasteiger partial charge in [0.25, 0.3) is 5.91 Å².